The van der Waals surface area contributed by atoms with Gasteiger partial charge in [-0.15, -0.1) is 0 Å². The number of halogens is 1. The van der Waals surface area contributed by atoms with Crippen molar-refractivity contribution in [2.45, 2.75) is 6.92 Å². The van der Waals surface area contributed by atoms with E-state index in [0.717, 1.165) is 10.0 Å². The van der Waals surface area contributed by atoms with Gasteiger partial charge in [-0.25, -0.2) is 0 Å². The summed E-state index contributed by atoms with van der Waals surface area (Å²) in [6.07, 6.45) is 0. The van der Waals surface area contributed by atoms with E-state index in [0.29, 0.717) is 22.6 Å². The predicted molar refractivity (Wildman–Crippen MR) is 82.9 cm³/mol. The van der Waals surface area contributed by atoms with Gasteiger partial charge in [0.1, 0.15) is 5.75 Å². The van der Waals surface area contributed by atoms with Gasteiger partial charge < -0.3 is 10.1 Å². The second-order valence-corrected chi connectivity index (χ2v) is 5.81. The van der Waals surface area contributed by atoms with Gasteiger partial charge in [0.2, 0.25) is 0 Å². The van der Waals surface area contributed by atoms with E-state index in [1.165, 1.54) is 0 Å². The minimum Gasteiger partial charge on any atom is -0.482 e. The van der Waals surface area contributed by atoms with Crippen molar-refractivity contribution < 1.29 is 14.3 Å². The van der Waals surface area contributed by atoms with Gasteiger partial charge in [-0.2, -0.15) is 0 Å². The molecule has 2 aromatic rings. The number of hydrogen-bond donors (Lipinski definition) is 1. The molecule has 5 heteroatoms. The molecule has 106 valence electrons. The molecule has 0 aromatic heterocycles. The van der Waals surface area contributed by atoms with Gasteiger partial charge >= 0.3 is 0 Å². The average molecular weight is 346 g/mol. The number of ketones is 1. The summed E-state index contributed by atoms with van der Waals surface area (Å²) in [7, 11) is 0. The van der Waals surface area contributed by atoms with Crippen LogP contribution in [0.3, 0.4) is 0 Å². The molecule has 3 rings (SSSR count). The first kappa shape index (κ1) is 13.8. The van der Waals surface area contributed by atoms with Crippen molar-refractivity contribution >= 4 is 33.3 Å². The zero-order valence-corrected chi connectivity index (χ0v) is 12.9. The summed E-state index contributed by atoms with van der Waals surface area (Å²) in [5, 5.41) is 2.70. The third-order valence-electron chi connectivity index (χ3n) is 3.18. The normalized spacial score (nSPS) is 13.1. The Kier molecular flexibility index (Phi) is 3.51. The first-order chi connectivity index (χ1) is 10.0. The largest absolute Gasteiger partial charge is 0.482 e. The lowest BCUT2D eigenvalue weighted by Crippen LogP contribution is -2.25. The van der Waals surface area contributed by atoms with Crippen LogP contribution in [0.2, 0.25) is 0 Å². The number of aryl methyl sites for hydroxylation is 1. The number of ether oxygens (including phenoxy) is 1. The van der Waals surface area contributed by atoms with E-state index in [9.17, 15) is 9.59 Å². The number of carbonyl (C=O) groups is 2. The van der Waals surface area contributed by atoms with Gasteiger partial charge in [-0.05, 0) is 48.9 Å². The van der Waals surface area contributed by atoms with Crippen molar-refractivity contribution in [1.29, 1.82) is 0 Å². The molecule has 2 aromatic carbocycles. The topological polar surface area (TPSA) is 55.4 Å². The van der Waals surface area contributed by atoms with Crippen LogP contribution in [-0.2, 0) is 4.79 Å². The molecule has 1 aliphatic heterocycles. The predicted octanol–water partition coefficient (Wildman–Crippen LogP) is 3.32. The first-order valence-electron chi connectivity index (χ1n) is 6.41. The highest BCUT2D eigenvalue weighted by atomic mass is 79.9. The number of rotatable bonds is 2. The van der Waals surface area contributed by atoms with Gasteiger partial charge in [0.25, 0.3) is 5.91 Å². The van der Waals surface area contributed by atoms with Gasteiger partial charge in [0, 0.05) is 15.6 Å². The molecular weight excluding hydrogens is 334 g/mol. The minimum atomic E-state index is -0.217. The highest BCUT2D eigenvalue weighted by Crippen LogP contribution is 2.29. The Morgan fingerprint density at radius 3 is 2.76 bits per heavy atom. The van der Waals surface area contributed by atoms with Crippen LogP contribution in [0.25, 0.3) is 0 Å². The van der Waals surface area contributed by atoms with Crippen LogP contribution in [0.4, 0.5) is 5.69 Å². The fourth-order valence-electron chi connectivity index (χ4n) is 2.26. The summed E-state index contributed by atoms with van der Waals surface area (Å²) in [4.78, 5) is 23.9. The molecule has 0 bridgehead atoms. The van der Waals surface area contributed by atoms with Crippen LogP contribution < -0.4 is 10.1 Å². The molecule has 0 fully saturated rings. The van der Waals surface area contributed by atoms with Crippen molar-refractivity contribution in [1.82, 2.24) is 0 Å². The van der Waals surface area contributed by atoms with E-state index in [-0.39, 0.29) is 18.3 Å². The number of fused-ring (bicyclic) bond motifs is 1. The van der Waals surface area contributed by atoms with Crippen molar-refractivity contribution in [2.75, 3.05) is 11.9 Å². The Balaban J connectivity index is 1.98. The summed E-state index contributed by atoms with van der Waals surface area (Å²) >= 11 is 3.39. The molecule has 0 unspecified atom stereocenters. The zero-order chi connectivity index (χ0) is 15.0. The molecule has 0 saturated carbocycles. The number of nitrogens with one attached hydrogen (secondary N) is 1. The van der Waals surface area contributed by atoms with Crippen LogP contribution >= 0.6 is 15.9 Å². The smallest absolute Gasteiger partial charge is 0.262 e. The van der Waals surface area contributed by atoms with Gasteiger partial charge in [-0.1, -0.05) is 15.9 Å². The maximum absolute atomic E-state index is 12.5. The lowest BCUT2D eigenvalue weighted by molar-refractivity contribution is -0.118. The summed E-state index contributed by atoms with van der Waals surface area (Å²) < 4.78 is 6.15. The van der Waals surface area contributed by atoms with Crippen LogP contribution in [0, 0.1) is 6.92 Å². The Labute approximate surface area is 130 Å². The van der Waals surface area contributed by atoms with Crippen molar-refractivity contribution in [3.05, 3.63) is 57.6 Å². The highest BCUT2D eigenvalue weighted by Gasteiger charge is 2.18. The molecule has 1 heterocycles. The van der Waals surface area contributed by atoms with E-state index in [4.69, 9.17) is 4.74 Å². The lowest BCUT2D eigenvalue weighted by Gasteiger charge is -2.18. The van der Waals surface area contributed by atoms with Gasteiger partial charge in [-0.3, -0.25) is 9.59 Å². The molecule has 0 saturated heterocycles. The monoisotopic (exact) mass is 345 g/mol. The molecule has 1 aliphatic rings. The maximum atomic E-state index is 12.5. The first-order valence-corrected chi connectivity index (χ1v) is 7.21. The van der Waals surface area contributed by atoms with Crippen LogP contribution in [0.1, 0.15) is 21.5 Å². The van der Waals surface area contributed by atoms with E-state index in [1.807, 2.05) is 19.1 Å². The minimum absolute atomic E-state index is 0.00508. The fraction of sp³-hybridized carbons (Fsp3) is 0.125. The van der Waals surface area contributed by atoms with E-state index in [2.05, 4.69) is 21.2 Å². The Hall–Kier alpha value is -2.14. The molecule has 0 aliphatic carbocycles. The SMILES string of the molecule is Cc1cc(Br)cc(C(=O)c2ccc3c(c2)NC(=O)CO3)c1. The number of benzene rings is 2. The van der Waals surface area contributed by atoms with Crippen molar-refractivity contribution in [2.24, 2.45) is 0 Å². The standard InChI is InChI=1S/C16H12BrNO3/c1-9-4-11(6-12(17)5-9)16(20)10-2-3-14-13(7-10)18-15(19)8-21-14/h2-7H,8H2,1H3,(H,18,19). The van der Waals surface area contributed by atoms with Gasteiger partial charge in [0.15, 0.2) is 12.4 Å². The van der Waals surface area contributed by atoms with E-state index >= 15 is 0 Å². The summed E-state index contributed by atoms with van der Waals surface area (Å²) in [6, 6.07) is 10.6. The second-order valence-electron chi connectivity index (χ2n) is 4.89. The van der Waals surface area contributed by atoms with E-state index < -0.39 is 0 Å². The zero-order valence-electron chi connectivity index (χ0n) is 11.3. The van der Waals surface area contributed by atoms with Crippen LogP contribution in [0.5, 0.6) is 5.75 Å². The fourth-order valence-corrected chi connectivity index (χ4v) is 2.87. The Morgan fingerprint density at radius 2 is 2.00 bits per heavy atom. The molecule has 1 N–H and O–H groups in total. The number of hydrogen-bond acceptors (Lipinski definition) is 3. The quantitative estimate of drug-likeness (QED) is 0.849. The summed E-state index contributed by atoms with van der Waals surface area (Å²) in [5.41, 5.74) is 2.65. The molecular formula is C16H12BrNO3. The van der Waals surface area contributed by atoms with Crippen LogP contribution in [-0.4, -0.2) is 18.3 Å². The Morgan fingerprint density at radius 1 is 1.19 bits per heavy atom. The third kappa shape index (κ3) is 2.83. The number of anilines is 1. The number of carbonyl (C=O) groups excluding carboxylic acids is 2. The highest BCUT2D eigenvalue weighted by molar-refractivity contribution is 9.10. The third-order valence-corrected chi connectivity index (χ3v) is 3.64. The van der Waals surface area contributed by atoms with Crippen molar-refractivity contribution in [3.8, 4) is 5.75 Å². The molecule has 21 heavy (non-hydrogen) atoms. The lowest BCUT2D eigenvalue weighted by atomic mass is 10.0. The van der Waals surface area contributed by atoms with Crippen LogP contribution in [0.15, 0.2) is 40.9 Å². The molecule has 0 atom stereocenters. The Bertz CT molecular complexity index is 735. The maximum Gasteiger partial charge on any atom is 0.262 e. The second kappa shape index (κ2) is 5.33. The molecule has 0 radical (unpaired) electrons. The molecule has 0 spiro atoms. The molecule has 1 amide bonds. The van der Waals surface area contributed by atoms with Gasteiger partial charge in [0.05, 0.1) is 5.69 Å². The summed E-state index contributed by atoms with van der Waals surface area (Å²) in [5.74, 6) is 0.268. The van der Waals surface area contributed by atoms with E-state index in [1.54, 1.807) is 24.3 Å². The van der Waals surface area contributed by atoms with Crippen molar-refractivity contribution in [3.63, 3.8) is 0 Å². The number of amides is 1. The summed E-state index contributed by atoms with van der Waals surface area (Å²) in [6.45, 7) is 1.94. The molecule has 4 nitrogen and oxygen atoms in total. The average Bonchev–Trinajstić information content (AvgIpc) is 2.44.